The molecule has 108 valence electrons. The lowest BCUT2D eigenvalue weighted by Gasteiger charge is -2.12. The van der Waals surface area contributed by atoms with Gasteiger partial charge in [-0.3, -0.25) is 4.68 Å². The van der Waals surface area contributed by atoms with E-state index in [1.807, 2.05) is 56.3 Å². The van der Waals surface area contributed by atoms with E-state index in [9.17, 15) is 0 Å². The van der Waals surface area contributed by atoms with E-state index in [1.165, 1.54) is 0 Å². The average Bonchev–Trinajstić information content (AvgIpc) is 2.80. The molecular weight excluding hydrogens is 262 g/mol. The highest BCUT2D eigenvalue weighted by Crippen LogP contribution is 2.29. The van der Waals surface area contributed by atoms with Crippen LogP contribution in [0.1, 0.15) is 5.69 Å². The van der Waals surface area contributed by atoms with Crippen LogP contribution in [0.2, 0.25) is 0 Å². The predicted octanol–water partition coefficient (Wildman–Crippen LogP) is 2.28. The molecule has 0 aliphatic carbocycles. The quantitative estimate of drug-likeness (QED) is 0.748. The molecular formula is C16H19N5. The van der Waals surface area contributed by atoms with Crippen LogP contribution in [0.5, 0.6) is 0 Å². The summed E-state index contributed by atoms with van der Waals surface area (Å²) in [6.07, 6.45) is 1.87. The minimum absolute atomic E-state index is 0.767. The van der Waals surface area contributed by atoms with Gasteiger partial charge >= 0.3 is 0 Å². The second-order valence-electron chi connectivity index (χ2n) is 5.53. The first-order chi connectivity index (χ1) is 10.0. The van der Waals surface area contributed by atoms with Gasteiger partial charge in [0.1, 0.15) is 0 Å². The van der Waals surface area contributed by atoms with Gasteiger partial charge in [0.2, 0.25) is 0 Å². The number of benzene rings is 1. The zero-order valence-electron chi connectivity index (χ0n) is 12.5. The molecule has 5 heteroatoms. The first kappa shape index (κ1) is 13.6. The lowest BCUT2D eigenvalue weighted by atomic mass is 10.0. The van der Waals surface area contributed by atoms with Crippen molar-refractivity contribution >= 4 is 16.7 Å². The molecule has 0 amide bonds. The highest BCUT2D eigenvalue weighted by atomic mass is 15.3. The molecule has 5 nitrogen and oxygen atoms in total. The van der Waals surface area contributed by atoms with Gasteiger partial charge in [-0.25, -0.2) is 4.98 Å². The maximum absolute atomic E-state index is 5.78. The third-order valence-corrected chi connectivity index (χ3v) is 3.46. The van der Waals surface area contributed by atoms with Crippen molar-refractivity contribution in [2.45, 2.75) is 6.54 Å². The Balaban J connectivity index is 2.21. The van der Waals surface area contributed by atoms with Gasteiger partial charge in [-0.15, -0.1) is 0 Å². The van der Waals surface area contributed by atoms with E-state index < -0.39 is 0 Å². The largest absolute Gasteiger partial charge is 0.399 e. The summed E-state index contributed by atoms with van der Waals surface area (Å²) in [4.78, 5) is 6.82. The van der Waals surface area contributed by atoms with Gasteiger partial charge in [0, 0.05) is 24.7 Å². The van der Waals surface area contributed by atoms with Crippen molar-refractivity contribution in [2.24, 2.45) is 7.05 Å². The summed E-state index contributed by atoms with van der Waals surface area (Å²) in [7, 11) is 6.00. The van der Waals surface area contributed by atoms with E-state index in [0.29, 0.717) is 0 Å². The van der Waals surface area contributed by atoms with Crippen LogP contribution in [-0.2, 0) is 13.6 Å². The summed E-state index contributed by atoms with van der Waals surface area (Å²) in [6, 6.07) is 10.1. The molecule has 3 aromatic rings. The highest BCUT2D eigenvalue weighted by molar-refractivity contribution is 5.93. The van der Waals surface area contributed by atoms with Crippen molar-refractivity contribution in [3.8, 4) is 11.1 Å². The Morgan fingerprint density at radius 2 is 1.90 bits per heavy atom. The van der Waals surface area contributed by atoms with Crippen LogP contribution in [0.4, 0.5) is 5.69 Å². The summed E-state index contributed by atoms with van der Waals surface area (Å²) >= 11 is 0. The Labute approximate surface area is 124 Å². The number of hydrogen-bond donors (Lipinski definition) is 1. The molecule has 3 rings (SSSR count). The Morgan fingerprint density at radius 3 is 2.57 bits per heavy atom. The van der Waals surface area contributed by atoms with Gasteiger partial charge in [0.25, 0.3) is 0 Å². The number of nitrogen functional groups attached to an aromatic ring is 1. The van der Waals surface area contributed by atoms with Gasteiger partial charge in [-0.1, -0.05) is 12.1 Å². The van der Waals surface area contributed by atoms with Crippen LogP contribution in [-0.4, -0.2) is 33.8 Å². The smallest absolute Gasteiger partial charge is 0.158 e. The SMILES string of the molecule is CN(C)Cc1cc(-c2ccc(N)cc2)c2cnn(C)c2n1. The van der Waals surface area contributed by atoms with E-state index >= 15 is 0 Å². The number of rotatable bonds is 3. The van der Waals surface area contributed by atoms with E-state index in [0.717, 1.165) is 40.1 Å². The molecule has 0 saturated heterocycles. The summed E-state index contributed by atoms with van der Waals surface area (Å²) in [5.41, 5.74) is 10.8. The maximum Gasteiger partial charge on any atom is 0.158 e. The van der Waals surface area contributed by atoms with Gasteiger partial charge in [-0.2, -0.15) is 5.10 Å². The lowest BCUT2D eigenvalue weighted by Crippen LogP contribution is -2.12. The number of nitrogens with two attached hydrogens (primary N) is 1. The van der Waals surface area contributed by atoms with E-state index in [1.54, 1.807) is 0 Å². The highest BCUT2D eigenvalue weighted by Gasteiger charge is 2.11. The van der Waals surface area contributed by atoms with Crippen LogP contribution in [0.15, 0.2) is 36.5 Å². The third kappa shape index (κ3) is 2.60. The summed E-state index contributed by atoms with van der Waals surface area (Å²) < 4.78 is 1.81. The first-order valence-corrected chi connectivity index (χ1v) is 6.87. The number of anilines is 1. The monoisotopic (exact) mass is 281 g/mol. The standard InChI is InChI=1S/C16H19N5/c1-20(2)10-13-8-14(11-4-6-12(17)7-5-11)15-9-18-21(3)16(15)19-13/h4-9H,10,17H2,1-3H3. The van der Waals surface area contributed by atoms with Gasteiger partial charge in [0.05, 0.1) is 11.9 Å². The lowest BCUT2D eigenvalue weighted by molar-refractivity contribution is 0.397. The van der Waals surface area contributed by atoms with E-state index in [-0.39, 0.29) is 0 Å². The maximum atomic E-state index is 5.78. The Morgan fingerprint density at radius 1 is 1.19 bits per heavy atom. The topological polar surface area (TPSA) is 60.0 Å². The zero-order chi connectivity index (χ0) is 15.0. The summed E-state index contributed by atoms with van der Waals surface area (Å²) in [6.45, 7) is 0.795. The van der Waals surface area contributed by atoms with E-state index in [4.69, 9.17) is 10.7 Å². The molecule has 2 aromatic heterocycles. The fraction of sp³-hybridized carbons (Fsp3) is 0.250. The van der Waals surface area contributed by atoms with Gasteiger partial charge in [-0.05, 0) is 43.4 Å². The number of fused-ring (bicyclic) bond motifs is 1. The number of hydrogen-bond acceptors (Lipinski definition) is 4. The molecule has 0 aliphatic heterocycles. The predicted molar refractivity (Wildman–Crippen MR) is 85.7 cm³/mol. The van der Waals surface area contributed by atoms with Crippen molar-refractivity contribution in [3.05, 3.63) is 42.2 Å². The minimum Gasteiger partial charge on any atom is -0.399 e. The molecule has 1 aromatic carbocycles. The third-order valence-electron chi connectivity index (χ3n) is 3.46. The van der Waals surface area contributed by atoms with Crippen LogP contribution in [0, 0.1) is 0 Å². The molecule has 0 atom stereocenters. The summed E-state index contributed by atoms with van der Waals surface area (Å²) in [5, 5.41) is 5.40. The Hall–Kier alpha value is -2.40. The molecule has 0 unspecified atom stereocenters. The minimum atomic E-state index is 0.767. The van der Waals surface area contributed by atoms with Crippen LogP contribution in [0.3, 0.4) is 0 Å². The molecule has 0 fully saturated rings. The van der Waals surface area contributed by atoms with Crippen LogP contribution < -0.4 is 5.73 Å². The van der Waals surface area contributed by atoms with E-state index in [2.05, 4.69) is 16.1 Å². The second kappa shape index (κ2) is 5.18. The van der Waals surface area contributed by atoms with Crippen molar-refractivity contribution in [1.29, 1.82) is 0 Å². The van der Waals surface area contributed by atoms with Gasteiger partial charge in [0.15, 0.2) is 5.65 Å². The van der Waals surface area contributed by atoms with Crippen molar-refractivity contribution < 1.29 is 0 Å². The number of pyridine rings is 1. The number of aryl methyl sites for hydroxylation is 1. The zero-order valence-corrected chi connectivity index (χ0v) is 12.5. The normalized spacial score (nSPS) is 11.4. The Kier molecular flexibility index (Phi) is 3.35. The number of nitrogens with zero attached hydrogens (tertiary/aromatic N) is 4. The molecule has 0 bridgehead atoms. The number of aromatic nitrogens is 3. The summed E-state index contributed by atoms with van der Waals surface area (Å²) in [5.74, 6) is 0. The Bertz CT molecular complexity index is 771. The fourth-order valence-electron chi connectivity index (χ4n) is 2.47. The molecule has 0 radical (unpaired) electrons. The average molecular weight is 281 g/mol. The van der Waals surface area contributed by atoms with Gasteiger partial charge < -0.3 is 10.6 Å². The van der Waals surface area contributed by atoms with Crippen molar-refractivity contribution in [3.63, 3.8) is 0 Å². The molecule has 2 heterocycles. The second-order valence-corrected chi connectivity index (χ2v) is 5.53. The molecule has 2 N–H and O–H groups in total. The molecule has 0 aliphatic rings. The van der Waals surface area contributed by atoms with Crippen molar-refractivity contribution in [2.75, 3.05) is 19.8 Å². The van der Waals surface area contributed by atoms with Crippen molar-refractivity contribution in [1.82, 2.24) is 19.7 Å². The molecule has 21 heavy (non-hydrogen) atoms. The molecule has 0 spiro atoms. The first-order valence-electron chi connectivity index (χ1n) is 6.87. The molecule has 0 saturated carbocycles. The van der Waals surface area contributed by atoms with Crippen LogP contribution >= 0.6 is 0 Å². The van der Waals surface area contributed by atoms with Crippen LogP contribution in [0.25, 0.3) is 22.2 Å². The fourth-order valence-corrected chi connectivity index (χ4v) is 2.47.